The van der Waals surface area contributed by atoms with Crippen LogP contribution in [0.15, 0.2) is 5.16 Å². The van der Waals surface area contributed by atoms with Crippen LogP contribution in [0.2, 0.25) is 0 Å². The summed E-state index contributed by atoms with van der Waals surface area (Å²) in [6, 6.07) is 0. The van der Waals surface area contributed by atoms with E-state index in [-0.39, 0.29) is 5.91 Å². The van der Waals surface area contributed by atoms with Gasteiger partial charge in [-0.2, -0.15) is 0 Å². The topological polar surface area (TPSA) is 50.7 Å². The highest BCUT2D eigenvalue weighted by molar-refractivity contribution is 5.80. The van der Waals surface area contributed by atoms with Gasteiger partial charge in [0.15, 0.2) is 0 Å². The predicted octanol–water partition coefficient (Wildman–Crippen LogP) is 2.10. The molecule has 0 atom stereocenters. The maximum Gasteiger partial charge on any atom is 0.219 e. The predicted molar refractivity (Wildman–Crippen MR) is 61.9 cm³/mol. The second kappa shape index (κ2) is 9.49. The van der Waals surface area contributed by atoms with Crippen molar-refractivity contribution in [2.75, 3.05) is 13.7 Å². The van der Waals surface area contributed by atoms with Crippen molar-refractivity contribution in [1.29, 1.82) is 0 Å². The Balaban J connectivity index is 3.22. The third-order valence-electron chi connectivity index (χ3n) is 2.15. The molecular formula is C11H22N2O2. The maximum atomic E-state index is 10.9. The molecule has 0 radical (unpaired) electrons. The van der Waals surface area contributed by atoms with Crippen molar-refractivity contribution in [2.24, 2.45) is 5.16 Å². The van der Waals surface area contributed by atoms with E-state index in [4.69, 9.17) is 4.84 Å². The van der Waals surface area contributed by atoms with E-state index < -0.39 is 0 Å². The van der Waals surface area contributed by atoms with Gasteiger partial charge < -0.3 is 10.2 Å². The van der Waals surface area contributed by atoms with Crippen molar-refractivity contribution in [3.63, 3.8) is 0 Å². The van der Waals surface area contributed by atoms with Gasteiger partial charge in [0.1, 0.15) is 6.61 Å². The highest BCUT2D eigenvalue weighted by Crippen LogP contribution is 2.00. The van der Waals surface area contributed by atoms with Gasteiger partial charge in [0.05, 0.1) is 5.71 Å². The fourth-order valence-corrected chi connectivity index (χ4v) is 0.974. The number of carbonyl (C=O) groups is 1. The molecule has 1 N–H and O–H groups in total. The fraction of sp³-hybridized carbons (Fsp3) is 0.818. The third-order valence-corrected chi connectivity index (χ3v) is 2.15. The molecular weight excluding hydrogens is 192 g/mol. The van der Waals surface area contributed by atoms with Crippen LogP contribution >= 0.6 is 0 Å². The van der Waals surface area contributed by atoms with Crippen molar-refractivity contribution in [3.05, 3.63) is 0 Å². The lowest BCUT2D eigenvalue weighted by atomic mass is 10.2. The lowest BCUT2D eigenvalue weighted by Gasteiger charge is -2.01. The number of hydrogen-bond donors (Lipinski definition) is 1. The molecule has 0 saturated heterocycles. The third kappa shape index (κ3) is 9.25. The molecule has 0 aliphatic heterocycles. The van der Waals surface area contributed by atoms with Crippen LogP contribution in [-0.4, -0.2) is 25.3 Å². The first-order valence-corrected chi connectivity index (χ1v) is 5.56. The SMILES string of the molecule is CC/C(C)=N/OCCCCCC(=O)NC. The number of oxime groups is 1. The van der Waals surface area contributed by atoms with Crippen molar-refractivity contribution < 1.29 is 9.63 Å². The van der Waals surface area contributed by atoms with Gasteiger partial charge in [0, 0.05) is 13.5 Å². The van der Waals surface area contributed by atoms with E-state index in [0.717, 1.165) is 31.4 Å². The number of carbonyl (C=O) groups excluding carboxylic acids is 1. The summed E-state index contributed by atoms with van der Waals surface area (Å²) in [6.07, 6.45) is 4.41. The Morgan fingerprint density at radius 2 is 2.07 bits per heavy atom. The first kappa shape index (κ1) is 13.9. The van der Waals surface area contributed by atoms with Crippen molar-refractivity contribution in [2.45, 2.75) is 46.0 Å². The Hall–Kier alpha value is -1.06. The maximum absolute atomic E-state index is 10.9. The van der Waals surface area contributed by atoms with Gasteiger partial charge in [-0.25, -0.2) is 0 Å². The van der Waals surface area contributed by atoms with Gasteiger partial charge in [0.25, 0.3) is 0 Å². The molecule has 1 amide bonds. The molecule has 0 spiro atoms. The zero-order chi connectivity index (χ0) is 11.5. The number of nitrogens with one attached hydrogen (secondary N) is 1. The van der Waals surface area contributed by atoms with Gasteiger partial charge in [0.2, 0.25) is 5.91 Å². The number of rotatable bonds is 8. The highest BCUT2D eigenvalue weighted by atomic mass is 16.6. The summed E-state index contributed by atoms with van der Waals surface area (Å²) < 4.78 is 0. The van der Waals surface area contributed by atoms with E-state index in [1.54, 1.807) is 7.05 Å². The summed E-state index contributed by atoms with van der Waals surface area (Å²) in [4.78, 5) is 16.0. The number of hydrogen-bond acceptors (Lipinski definition) is 3. The Bertz CT molecular complexity index is 203. The van der Waals surface area contributed by atoms with E-state index >= 15 is 0 Å². The lowest BCUT2D eigenvalue weighted by Crippen LogP contribution is -2.16. The molecule has 0 aromatic heterocycles. The van der Waals surface area contributed by atoms with Crippen molar-refractivity contribution >= 4 is 11.6 Å². The molecule has 0 aromatic rings. The molecule has 0 rings (SSSR count). The standard InChI is InChI=1S/C11H22N2O2/c1-4-10(2)13-15-9-7-5-6-8-11(14)12-3/h4-9H2,1-3H3,(H,12,14)/b13-10+. The van der Waals surface area contributed by atoms with Gasteiger partial charge in [-0.05, 0) is 32.6 Å². The van der Waals surface area contributed by atoms with E-state index in [0.29, 0.717) is 13.0 Å². The summed E-state index contributed by atoms with van der Waals surface area (Å²) in [5.41, 5.74) is 1.01. The first-order chi connectivity index (χ1) is 7.20. The summed E-state index contributed by atoms with van der Waals surface area (Å²) in [5, 5.41) is 6.53. The summed E-state index contributed by atoms with van der Waals surface area (Å²) >= 11 is 0. The zero-order valence-corrected chi connectivity index (χ0v) is 10.0. The fourth-order valence-electron chi connectivity index (χ4n) is 0.974. The Kier molecular flexibility index (Phi) is 8.82. The van der Waals surface area contributed by atoms with E-state index in [9.17, 15) is 4.79 Å². The van der Waals surface area contributed by atoms with Crippen LogP contribution in [0.4, 0.5) is 0 Å². The minimum atomic E-state index is 0.107. The number of unbranched alkanes of at least 4 members (excludes halogenated alkanes) is 2. The zero-order valence-electron chi connectivity index (χ0n) is 10.0. The van der Waals surface area contributed by atoms with E-state index in [2.05, 4.69) is 10.5 Å². The van der Waals surface area contributed by atoms with Crippen LogP contribution in [-0.2, 0) is 9.63 Å². The molecule has 0 unspecified atom stereocenters. The second-order valence-electron chi connectivity index (χ2n) is 3.50. The van der Waals surface area contributed by atoms with Crippen LogP contribution in [0.3, 0.4) is 0 Å². The van der Waals surface area contributed by atoms with Crippen molar-refractivity contribution in [1.82, 2.24) is 5.32 Å². The molecule has 4 nitrogen and oxygen atoms in total. The quantitative estimate of drug-likeness (QED) is 0.382. The molecule has 0 aliphatic carbocycles. The van der Waals surface area contributed by atoms with Gasteiger partial charge in [-0.1, -0.05) is 12.1 Å². The average molecular weight is 214 g/mol. The normalized spacial score (nSPS) is 11.3. The van der Waals surface area contributed by atoms with Crippen molar-refractivity contribution in [3.8, 4) is 0 Å². The average Bonchev–Trinajstić information content (AvgIpc) is 2.26. The van der Waals surface area contributed by atoms with Crippen LogP contribution < -0.4 is 5.32 Å². The molecule has 0 aromatic carbocycles. The van der Waals surface area contributed by atoms with Gasteiger partial charge in [-0.15, -0.1) is 0 Å². The second-order valence-corrected chi connectivity index (χ2v) is 3.50. The molecule has 0 aliphatic rings. The van der Waals surface area contributed by atoms with E-state index in [1.807, 2.05) is 13.8 Å². The Morgan fingerprint density at radius 1 is 1.33 bits per heavy atom. The Morgan fingerprint density at radius 3 is 2.67 bits per heavy atom. The number of amides is 1. The molecule has 0 bridgehead atoms. The highest BCUT2D eigenvalue weighted by Gasteiger charge is 1.97. The Labute approximate surface area is 92.1 Å². The molecule has 88 valence electrons. The summed E-state index contributed by atoms with van der Waals surface area (Å²) in [6.45, 7) is 4.64. The van der Waals surface area contributed by atoms with Crippen LogP contribution in [0, 0.1) is 0 Å². The smallest absolute Gasteiger partial charge is 0.219 e. The minimum absolute atomic E-state index is 0.107. The lowest BCUT2D eigenvalue weighted by molar-refractivity contribution is -0.120. The molecule has 4 heteroatoms. The molecule has 0 saturated carbocycles. The minimum Gasteiger partial charge on any atom is -0.396 e. The first-order valence-electron chi connectivity index (χ1n) is 5.56. The summed E-state index contributed by atoms with van der Waals surface area (Å²) in [7, 11) is 1.66. The monoisotopic (exact) mass is 214 g/mol. The molecule has 15 heavy (non-hydrogen) atoms. The van der Waals surface area contributed by atoms with E-state index in [1.165, 1.54) is 0 Å². The van der Waals surface area contributed by atoms with Crippen LogP contribution in [0.1, 0.15) is 46.0 Å². The van der Waals surface area contributed by atoms with Crippen LogP contribution in [0.5, 0.6) is 0 Å². The van der Waals surface area contributed by atoms with Crippen LogP contribution in [0.25, 0.3) is 0 Å². The van der Waals surface area contributed by atoms with Gasteiger partial charge in [-0.3, -0.25) is 4.79 Å². The number of nitrogens with zero attached hydrogens (tertiary/aromatic N) is 1. The summed E-state index contributed by atoms with van der Waals surface area (Å²) in [5.74, 6) is 0.107. The largest absolute Gasteiger partial charge is 0.396 e. The van der Waals surface area contributed by atoms with Gasteiger partial charge >= 0.3 is 0 Å². The molecule has 0 fully saturated rings. The molecule has 0 heterocycles.